The van der Waals surface area contributed by atoms with Crippen LogP contribution in [0.15, 0.2) is 12.4 Å². The maximum atomic E-state index is 13.3. The molecule has 3 rings (SSSR count). The Bertz CT molecular complexity index is 553. The highest BCUT2D eigenvalue weighted by molar-refractivity contribution is 5.64. The zero-order valence-corrected chi connectivity index (χ0v) is 12.9. The Labute approximate surface area is 133 Å². The summed E-state index contributed by atoms with van der Waals surface area (Å²) in [5.74, 6) is -2.48. The predicted octanol–water partition coefficient (Wildman–Crippen LogP) is 2.48. The van der Waals surface area contributed by atoms with Crippen LogP contribution >= 0.6 is 0 Å². The third kappa shape index (κ3) is 3.99. The molecule has 2 fully saturated rings. The predicted molar refractivity (Wildman–Crippen MR) is 79.5 cm³/mol. The Morgan fingerprint density at radius 1 is 1.35 bits per heavy atom. The molecule has 128 valence electrons. The van der Waals surface area contributed by atoms with E-state index in [0.717, 1.165) is 25.1 Å². The molecule has 23 heavy (non-hydrogen) atoms. The van der Waals surface area contributed by atoms with Gasteiger partial charge in [-0.2, -0.15) is 5.10 Å². The van der Waals surface area contributed by atoms with Gasteiger partial charge in [0.2, 0.25) is 5.92 Å². The lowest BCUT2D eigenvalue weighted by molar-refractivity contribution is -0.0518. The van der Waals surface area contributed by atoms with Gasteiger partial charge in [0.15, 0.2) is 0 Å². The lowest BCUT2D eigenvalue weighted by atomic mass is 9.91. The van der Waals surface area contributed by atoms with Gasteiger partial charge in [-0.3, -0.25) is 9.58 Å². The van der Waals surface area contributed by atoms with Crippen LogP contribution in [0.3, 0.4) is 0 Å². The number of nitrogens with one attached hydrogen (secondary N) is 1. The van der Waals surface area contributed by atoms with E-state index < -0.39 is 12.0 Å². The van der Waals surface area contributed by atoms with E-state index in [4.69, 9.17) is 5.11 Å². The molecule has 0 radical (unpaired) electrons. The number of rotatable bonds is 4. The summed E-state index contributed by atoms with van der Waals surface area (Å²) in [5, 5.41) is 15.2. The molecule has 1 saturated carbocycles. The Morgan fingerprint density at radius 3 is 2.78 bits per heavy atom. The lowest BCUT2D eigenvalue weighted by Crippen LogP contribution is -2.39. The third-order valence-electron chi connectivity index (χ3n) is 4.87. The molecule has 0 aromatic carbocycles. The monoisotopic (exact) mass is 328 g/mol. The average Bonchev–Trinajstić information content (AvgIpc) is 3.14. The van der Waals surface area contributed by atoms with E-state index in [0.29, 0.717) is 12.8 Å². The second kappa shape index (κ2) is 6.43. The van der Waals surface area contributed by atoms with E-state index in [-0.39, 0.29) is 31.5 Å². The van der Waals surface area contributed by atoms with Gasteiger partial charge in [-0.15, -0.1) is 0 Å². The van der Waals surface area contributed by atoms with Crippen molar-refractivity contribution in [1.29, 1.82) is 0 Å². The van der Waals surface area contributed by atoms with Gasteiger partial charge >= 0.3 is 6.09 Å². The zero-order valence-electron chi connectivity index (χ0n) is 12.9. The fourth-order valence-corrected chi connectivity index (χ4v) is 3.55. The summed E-state index contributed by atoms with van der Waals surface area (Å²) >= 11 is 0. The number of likely N-dealkylation sites (tertiary alicyclic amines) is 1. The fourth-order valence-electron chi connectivity index (χ4n) is 3.55. The minimum Gasteiger partial charge on any atom is -0.465 e. The normalized spacial score (nSPS) is 25.6. The first-order valence-electron chi connectivity index (χ1n) is 8.05. The van der Waals surface area contributed by atoms with Crippen molar-refractivity contribution in [2.24, 2.45) is 0 Å². The Kier molecular flexibility index (Phi) is 4.52. The van der Waals surface area contributed by atoms with Gasteiger partial charge in [0.1, 0.15) is 0 Å². The van der Waals surface area contributed by atoms with Gasteiger partial charge in [-0.05, 0) is 19.3 Å². The Morgan fingerprint density at radius 2 is 2.09 bits per heavy atom. The number of carboxylic acid groups (broad SMARTS) is 1. The van der Waals surface area contributed by atoms with Gasteiger partial charge in [-0.1, -0.05) is 0 Å². The van der Waals surface area contributed by atoms with Crippen LogP contribution in [-0.2, 0) is 6.54 Å². The van der Waals surface area contributed by atoms with Crippen molar-refractivity contribution in [3.8, 4) is 0 Å². The van der Waals surface area contributed by atoms with Crippen LogP contribution in [0.25, 0.3) is 0 Å². The average molecular weight is 328 g/mol. The highest BCUT2D eigenvalue weighted by atomic mass is 19.3. The Hall–Kier alpha value is -1.70. The van der Waals surface area contributed by atoms with Crippen molar-refractivity contribution in [3.63, 3.8) is 0 Å². The minimum atomic E-state index is -2.48. The molecule has 0 bridgehead atoms. The number of amides is 1. The molecular weight excluding hydrogens is 306 g/mol. The molecule has 2 aliphatic rings. The third-order valence-corrected chi connectivity index (χ3v) is 4.87. The number of nitrogens with zero attached hydrogens (tertiary/aromatic N) is 3. The first-order valence-corrected chi connectivity index (χ1v) is 8.05. The first kappa shape index (κ1) is 16.2. The number of hydrogen-bond donors (Lipinski definition) is 2. The van der Waals surface area contributed by atoms with Crippen LogP contribution < -0.4 is 5.32 Å². The summed E-state index contributed by atoms with van der Waals surface area (Å²) in [6, 6.07) is 0.486. The highest BCUT2D eigenvalue weighted by Gasteiger charge is 2.38. The molecule has 2 N–H and O–H groups in total. The van der Waals surface area contributed by atoms with Crippen LogP contribution in [0, 0.1) is 0 Å². The molecule has 0 spiro atoms. The van der Waals surface area contributed by atoms with Gasteiger partial charge in [0.25, 0.3) is 0 Å². The van der Waals surface area contributed by atoms with Crippen molar-refractivity contribution in [2.75, 3.05) is 13.1 Å². The lowest BCUT2D eigenvalue weighted by Gasteiger charge is -2.34. The quantitative estimate of drug-likeness (QED) is 0.891. The summed E-state index contributed by atoms with van der Waals surface area (Å²) < 4.78 is 28.4. The van der Waals surface area contributed by atoms with E-state index in [1.54, 1.807) is 6.20 Å². The molecule has 0 unspecified atom stereocenters. The molecule has 1 aliphatic carbocycles. The molecule has 1 amide bonds. The molecule has 1 aromatic heterocycles. The maximum Gasteiger partial charge on any atom is 0.404 e. The Balaban J connectivity index is 1.52. The topological polar surface area (TPSA) is 70.4 Å². The summed E-state index contributed by atoms with van der Waals surface area (Å²) in [5.41, 5.74) is 0.822. The standard InChI is InChI=1S/C15H22F2N4O2/c16-15(17)4-1-12(2-5-15)20-6-3-13(10-20)21-9-11(8-19-21)7-18-14(22)23/h8-9,12-13,18H,1-7,10H2,(H,22,23)/t13-/m1/s1. The summed E-state index contributed by atoms with van der Waals surface area (Å²) in [6.45, 7) is 1.97. The molecule has 1 aliphatic heterocycles. The second-order valence-electron chi connectivity index (χ2n) is 6.51. The van der Waals surface area contributed by atoms with E-state index in [1.807, 2.05) is 10.9 Å². The van der Waals surface area contributed by atoms with Crippen LogP contribution in [0.2, 0.25) is 0 Å². The van der Waals surface area contributed by atoms with E-state index in [9.17, 15) is 13.6 Å². The molecule has 1 saturated heterocycles. The van der Waals surface area contributed by atoms with Crippen LogP contribution in [0.5, 0.6) is 0 Å². The van der Waals surface area contributed by atoms with Crippen molar-refractivity contribution >= 4 is 6.09 Å². The smallest absolute Gasteiger partial charge is 0.404 e. The number of hydrogen-bond acceptors (Lipinski definition) is 3. The minimum absolute atomic E-state index is 0.00832. The van der Waals surface area contributed by atoms with Crippen LogP contribution in [-0.4, -0.2) is 50.9 Å². The van der Waals surface area contributed by atoms with Crippen molar-refractivity contribution < 1.29 is 18.7 Å². The van der Waals surface area contributed by atoms with Crippen molar-refractivity contribution in [1.82, 2.24) is 20.0 Å². The highest BCUT2D eigenvalue weighted by Crippen LogP contribution is 2.37. The van der Waals surface area contributed by atoms with E-state index in [2.05, 4.69) is 15.3 Å². The molecule has 2 heterocycles. The van der Waals surface area contributed by atoms with E-state index in [1.165, 1.54) is 0 Å². The number of halogens is 2. The summed E-state index contributed by atoms with van der Waals surface area (Å²) in [6.07, 6.45) is 4.52. The van der Waals surface area contributed by atoms with Gasteiger partial charge in [-0.25, -0.2) is 13.6 Å². The summed E-state index contributed by atoms with van der Waals surface area (Å²) in [4.78, 5) is 12.8. The number of carbonyl (C=O) groups is 1. The maximum absolute atomic E-state index is 13.3. The van der Waals surface area contributed by atoms with Crippen molar-refractivity contribution in [2.45, 2.75) is 56.7 Å². The fraction of sp³-hybridized carbons (Fsp3) is 0.733. The first-order chi connectivity index (χ1) is 10.9. The van der Waals surface area contributed by atoms with Crippen LogP contribution in [0.4, 0.5) is 13.6 Å². The van der Waals surface area contributed by atoms with Crippen molar-refractivity contribution in [3.05, 3.63) is 18.0 Å². The van der Waals surface area contributed by atoms with E-state index >= 15 is 0 Å². The molecular formula is C15H22F2N4O2. The van der Waals surface area contributed by atoms with Gasteiger partial charge in [0.05, 0.1) is 12.2 Å². The molecule has 1 aromatic rings. The molecule has 1 atom stereocenters. The number of alkyl halides is 2. The zero-order chi connectivity index (χ0) is 16.4. The molecule has 6 nitrogen and oxygen atoms in total. The number of aromatic nitrogens is 2. The largest absolute Gasteiger partial charge is 0.465 e. The summed E-state index contributed by atoms with van der Waals surface area (Å²) in [7, 11) is 0. The SMILES string of the molecule is O=C(O)NCc1cnn([C@@H]2CCN(C3CCC(F)(F)CC3)C2)c1. The van der Waals surface area contributed by atoms with Gasteiger partial charge < -0.3 is 10.4 Å². The molecule has 8 heteroatoms. The van der Waals surface area contributed by atoms with Gasteiger partial charge in [0, 0.05) is 50.3 Å². The van der Waals surface area contributed by atoms with Crippen LogP contribution in [0.1, 0.15) is 43.7 Å². The second-order valence-corrected chi connectivity index (χ2v) is 6.51.